The van der Waals surface area contributed by atoms with Crippen molar-refractivity contribution in [1.82, 2.24) is 0 Å². The van der Waals surface area contributed by atoms with Gasteiger partial charge in [-0.25, -0.2) is 4.39 Å². The number of non-ortho nitro benzene ring substituents is 1. The molecule has 0 aliphatic rings. The van der Waals surface area contributed by atoms with E-state index in [-0.39, 0.29) is 5.69 Å². The van der Waals surface area contributed by atoms with Gasteiger partial charge in [-0.2, -0.15) is 0 Å². The van der Waals surface area contributed by atoms with Crippen LogP contribution in [0.15, 0.2) is 42.5 Å². The van der Waals surface area contributed by atoms with Crippen molar-refractivity contribution in [3.8, 4) is 11.1 Å². The molecule has 0 amide bonds. The van der Waals surface area contributed by atoms with Crippen LogP contribution in [-0.4, -0.2) is 4.92 Å². The SMILES string of the molecule is NCc1ccc(F)c(-c2cccc([N+](=O)[O-])c2)c1. The summed E-state index contributed by atoms with van der Waals surface area (Å²) in [5.41, 5.74) is 7.00. The van der Waals surface area contributed by atoms with Crippen LogP contribution in [0.25, 0.3) is 11.1 Å². The van der Waals surface area contributed by atoms with Crippen LogP contribution in [0.4, 0.5) is 10.1 Å². The van der Waals surface area contributed by atoms with Crippen LogP contribution in [0, 0.1) is 15.9 Å². The maximum Gasteiger partial charge on any atom is 0.270 e. The van der Waals surface area contributed by atoms with Crippen molar-refractivity contribution in [1.29, 1.82) is 0 Å². The Labute approximate surface area is 103 Å². The predicted octanol–water partition coefficient (Wildman–Crippen LogP) is 2.86. The lowest BCUT2D eigenvalue weighted by Gasteiger charge is -2.05. The normalized spacial score (nSPS) is 10.3. The average molecular weight is 246 g/mol. The molecule has 4 nitrogen and oxygen atoms in total. The van der Waals surface area contributed by atoms with E-state index >= 15 is 0 Å². The number of halogens is 1. The van der Waals surface area contributed by atoms with E-state index in [2.05, 4.69) is 0 Å². The number of hydrogen-bond donors (Lipinski definition) is 1. The minimum Gasteiger partial charge on any atom is -0.326 e. The Morgan fingerprint density at radius 2 is 2.00 bits per heavy atom. The third-order valence-corrected chi connectivity index (χ3v) is 2.63. The predicted molar refractivity (Wildman–Crippen MR) is 66.4 cm³/mol. The van der Waals surface area contributed by atoms with Gasteiger partial charge in [-0.05, 0) is 23.3 Å². The Hall–Kier alpha value is -2.27. The van der Waals surface area contributed by atoms with Gasteiger partial charge in [-0.15, -0.1) is 0 Å². The zero-order valence-electron chi connectivity index (χ0n) is 9.47. The third-order valence-electron chi connectivity index (χ3n) is 2.63. The Morgan fingerprint density at radius 1 is 1.22 bits per heavy atom. The molecule has 5 heteroatoms. The molecule has 0 fully saturated rings. The van der Waals surface area contributed by atoms with Gasteiger partial charge in [0.15, 0.2) is 0 Å². The summed E-state index contributed by atoms with van der Waals surface area (Å²) >= 11 is 0. The Morgan fingerprint density at radius 3 is 2.67 bits per heavy atom. The largest absolute Gasteiger partial charge is 0.326 e. The van der Waals surface area contributed by atoms with Crippen molar-refractivity contribution in [3.63, 3.8) is 0 Å². The summed E-state index contributed by atoms with van der Waals surface area (Å²) in [6, 6.07) is 10.4. The quantitative estimate of drug-likeness (QED) is 0.668. The smallest absolute Gasteiger partial charge is 0.270 e. The number of benzene rings is 2. The van der Waals surface area contributed by atoms with E-state index in [0.717, 1.165) is 5.56 Å². The maximum atomic E-state index is 13.7. The molecule has 0 saturated carbocycles. The molecule has 0 heterocycles. The lowest BCUT2D eigenvalue weighted by Crippen LogP contribution is -1.97. The topological polar surface area (TPSA) is 69.2 Å². The van der Waals surface area contributed by atoms with Crippen LogP contribution in [0.2, 0.25) is 0 Å². The Bertz CT molecular complexity index is 599. The fourth-order valence-electron chi connectivity index (χ4n) is 1.71. The second-order valence-corrected chi connectivity index (χ2v) is 3.83. The van der Waals surface area contributed by atoms with Gasteiger partial charge < -0.3 is 5.73 Å². The number of rotatable bonds is 3. The maximum absolute atomic E-state index is 13.7. The molecule has 92 valence electrons. The molecule has 2 aromatic carbocycles. The van der Waals surface area contributed by atoms with Crippen LogP contribution < -0.4 is 5.73 Å². The van der Waals surface area contributed by atoms with E-state index in [9.17, 15) is 14.5 Å². The number of nitro groups is 1. The molecule has 0 aliphatic heterocycles. The molecule has 2 rings (SSSR count). The molecule has 0 atom stereocenters. The second kappa shape index (κ2) is 4.93. The highest BCUT2D eigenvalue weighted by Crippen LogP contribution is 2.27. The van der Waals surface area contributed by atoms with Gasteiger partial charge in [-0.1, -0.05) is 18.2 Å². The van der Waals surface area contributed by atoms with E-state index in [4.69, 9.17) is 5.73 Å². The fourth-order valence-corrected chi connectivity index (χ4v) is 1.71. The molecule has 0 saturated heterocycles. The van der Waals surface area contributed by atoms with E-state index in [1.807, 2.05) is 0 Å². The van der Waals surface area contributed by atoms with Crippen molar-refractivity contribution in [2.24, 2.45) is 5.73 Å². The summed E-state index contributed by atoms with van der Waals surface area (Å²) in [5, 5.41) is 10.7. The van der Waals surface area contributed by atoms with Crippen molar-refractivity contribution in [2.75, 3.05) is 0 Å². The molecule has 0 radical (unpaired) electrons. The van der Waals surface area contributed by atoms with Gasteiger partial charge in [0.05, 0.1) is 4.92 Å². The first kappa shape index (κ1) is 12.2. The van der Waals surface area contributed by atoms with Crippen molar-refractivity contribution in [2.45, 2.75) is 6.54 Å². The Kier molecular flexibility index (Phi) is 3.34. The molecule has 0 unspecified atom stereocenters. The van der Waals surface area contributed by atoms with E-state index < -0.39 is 10.7 Å². The monoisotopic (exact) mass is 246 g/mol. The lowest BCUT2D eigenvalue weighted by molar-refractivity contribution is -0.384. The van der Waals surface area contributed by atoms with E-state index in [1.54, 1.807) is 18.2 Å². The highest BCUT2D eigenvalue weighted by atomic mass is 19.1. The van der Waals surface area contributed by atoms with Crippen LogP contribution in [0.1, 0.15) is 5.56 Å². The molecule has 18 heavy (non-hydrogen) atoms. The van der Waals surface area contributed by atoms with Gasteiger partial charge >= 0.3 is 0 Å². The van der Waals surface area contributed by atoms with E-state index in [1.165, 1.54) is 24.3 Å². The molecule has 2 N–H and O–H groups in total. The van der Waals surface area contributed by atoms with Gasteiger partial charge in [-0.3, -0.25) is 10.1 Å². The van der Waals surface area contributed by atoms with Gasteiger partial charge in [0.1, 0.15) is 5.82 Å². The summed E-state index contributed by atoms with van der Waals surface area (Å²) in [4.78, 5) is 10.2. The van der Waals surface area contributed by atoms with E-state index in [0.29, 0.717) is 17.7 Å². The van der Waals surface area contributed by atoms with Crippen LogP contribution in [0.3, 0.4) is 0 Å². The summed E-state index contributed by atoms with van der Waals surface area (Å²) in [5.74, 6) is -0.423. The summed E-state index contributed by atoms with van der Waals surface area (Å²) in [6.45, 7) is 0.294. The summed E-state index contributed by atoms with van der Waals surface area (Å²) < 4.78 is 13.7. The number of hydrogen-bond acceptors (Lipinski definition) is 3. The number of nitro benzene ring substituents is 1. The standard InChI is InChI=1S/C13H11FN2O2/c14-13-5-4-9(8-15)6-12(13)10-2-1-3-11(7-10)16(17)18/h1-7H,8,15H2. The van der Waals surface area contributed by atoms with Gasteiger partial charge in [0.2, 0.25) is 0 Å². The fraction of sp³-hybridized carbons (Fsp3) is 0.0769. The average Bonchev–Trinajstić information content (AvgIpc) is 2.39. The summed E-state index contributed by atoms with van der Waals surface area (Å²) in [7, 11) is 0. The van der Waals surface area contributed by atoms with Gasteiger partial charge in [0.25, 0.3) is 5.69 Å². The first-order valence-electron chi connectivity index (χ1n) is 5.35. The number of nitrogens with two attached hydrogens (primary N) is 1. The minimum atomic E-state index is -0.506. The third kappa shape index (κ3) is 2.36. The van der Waals surface area contributed by atoms with Gasteiger partial charge in [0, 0.05) is 24.2 Å². The summed E-state index contributed by atoms with van der Waals surface area (Å²) in [6.07, 6.45) is 0. The van der Waals surface area contributed by atoms with Crippen LogP contribution in [-0.2, 0) is 6.54 Å². The molecule has 2 aromatic rings. The first-order chi connectivity index (χ1) is 8.61. The Balaban J connectivity index is 2.54. The molecule has 0 aliphatic carbocycles. The highest BCUT2D eigenvalue weighted by molar-refractivity contribution is 5.67. The molecule has 0 aromatic heterocycles. The van der Waals surface area contributed by atoms with Crippen molar-refractivity contribution in [3.05, 3.63) is 64.0 Å². The highest BCUT2D eigenvalue weighted by Gasteiger charge is 2.10. The zero-order valence-corrected chi connectivity index (χ0v) is 9.47. The van der Waals surface area contributed by atoms with Crippen molar-refractivity contribution < 1.29 is 9.31 Å². The van der Waals surface area contributed by atoms with Crippen molar-refractivity contribution >= 4 is 5.69 Å². The second-order valence-electron chi connectivity index (χ2n) is 3.83. The lowest BCUT2D eigenvalue weighted by atomic mass is 10.0. The minimum absolute atomic E-state index is 0.0648. The zero-order chi connectivity index (χ0) is 13.1. The first-order valence-corrected chi connectivity index (χ1v) is 5.35. The number of nitrogens with zero attached hydrogens (tertiary/aromatic N) is 1. The van der Waals surface area contributed by atoms with Crippen LogP contribution in [0.5, 0.6) is 0 Å². The molecular formula is C13H11FN2O2. The molecular weight excluding hydrogens is 235 g/mol. The van der Waals surface area contributed by atoms with Crippen LogP contribution >= 0.6 is 0 Å². The molecule has 0 spiro atoms. The molecule has 0 bridgehead atoms.